The first-order valence-electron chi connectivity index (χ1n) is 8.99. The number of hydrogen-bond donors (Lipinski definition) is 2. The summed E-state index contributed by atoms with van der Waals surface area (Å²) in [5, 5.41) is 9.96. The van der Waals surface area contributed by atoms with Crippen molar-refractivity contribution in [2.45, 2.75) is 43.8 Å². The minimum absolute atomic E-state index is 0.180. The molecule has 134 valence electrons. The van der Waals surface area contributed by atoms with E-state index < -0.39 is 6.10 Å². The Labute approximate surface area is 149 Å². The molecule has 0 aliphatic heterocycles. The van der Waals surface area contributed by atoms with Crippen molar-refractivity contribution in [3.05, 3.63) is 59.7 Å². The molecule has 4 nitrogen and oxygen atoms in total. The second-order valence-corrected chi connectivity index (χ2v) is 6.66. The highest BCUT2D eigenvalue weighted by atomic mass is 16.5. The van der Waals surface area contributed by atoms with Crippen LogP contribution in [-0.4, -0.2) is 24.9 Å². The number of nitrogens with two attached hydrogens (primary N) is 1. The van der Waals surface area contributed by atoms with Gasteiger partial charge in [0.2, 0.25) is 0 Å². The first-order chi connectivity index (χ1) is 12.2. The van der Waals surface area contributed by atoms with Gasteiger partial charge in [-0.15, -0.1) is 0 Å². The van der Waals surface area contributed by atoms with E-state index in [-0.39, 0.29) is 12.6 Å². The number of hydrogen-bond acceptors (Lipinski definition) is 4. The van der Waals surface area contributed by atoms with Crippen molar-refractivity contribution in [1.29, 1.82) is 0 Å². The van der Waals surface area contributed by atoms with Crippen molar-refractivity contribution >= 4 is 0 Å². The van der Waals surface area contributed by atoms with Gasteiger partial charge in [-0.25, -0.2) is 0 Å². The lowest BCUT2D eigenvalue weighted by Gasteiger charge is -2.30. The van der Waals surface area contributed by atoms with Gasteiger partial charge >= 0.3 is 0 Å². The molecular weight excluding hydrogens is 314 g/mol. The highest BCUT2D eigenvalue weighted by Crippen LogP contribution is 2.37. The first kappa shape index (κ1) is 17.8. The molecule has 1 aliphatic rings. The molecule has 3 N–H and O–H groups in total. The van der Waals surface area contributed by atoms with Gasteiger partial charge in [0, 0.05) is 6.54 Å². The quantitative estimate of drug-likeness (QED) is 0.839. The van der Waals surface area contributed by atoms with Crippen molar-refractivity contribution < 1.29 is 14.6 Å². The third-order valence-electron chi connectivity index (χ3n) is 5.03. The second kappa shape index (κ2) is 8.37. The summed E-state index contributed by atoms with van der Waals surface area (Å²) < 4.78 is 11.6. The Hall–Kier alpha value is -2.04. The van der Waals surface area contributed by atoms with E-state index in [4.69, 9.17) is 15.2 Å². The lowest BCUT2D eigenvalue weighted by atomic mass is 9.83. The van der Waals surface area contributed by atoms with Gasteiger partial charge in [-0.2, -0.15) is 0 Å². The smallest absolute Gasteiger partial charge is 0.161 e. The van der Waals surface area contributed by atoms with Crippen molar-refractivity contribution in [3.63, 3.8) is 0 Å². The fourth-order valence-electron chi connectivity index (χ4n) is 3.55. The average Bonchev–Trinajstić information content (AvgIpc) is 2.68. The van der Waals surface area contributed by atoms with Crippen LogP contribution in [0.3, 0.4) is 0 Å². The van der Waals surface area contributed by atoms with Crippen LogP contribution in [0.5, 0.6) is 11.5 Å². The largest absolute Gasteiger partial charge is 0.493 e. The Morgan fingerprint density at radius 3 is 2.40 bits per heavy atom. The van der Waals surface area contributed by atoms with E-state index in [0.717, 1.165) is 31.2 Å². The van der Waals surface area contributed by atoms with Crippen LogP contribution in [0.15, 0.2) is 48.5 Å². The zero-order valence-corrected chi connectivity index (χ0v) is 14.7. The molecule has 1 atom stereocenters. The van der Waals surface area contributed by atoms with Crippen LogP contribution in [0.1, 0.15) is 48.8 Å². The van der Waals surface area contributed by atoms with E-state index in [1.165, 1.54) is 5.56 Å². The van der Waals surface area contributed by atoms with Crippen molar-refractivity contribution in [2.75, 3.05) is 13.7 Å². The predicted molar refractivity (Wildman–Crippen MR) is 99.1 cm³/mol. The molecule has 3 rings (SSSR count). The van der Waals surface area contributed by atoms with Crippen molar-refractivity contribution in [2.24, 2.45) is 5.73 Å². The Bertz CT molecular complexity index is 666. The standard InChI is InChI=1S/C21H27NO3/c1-24-20-12-9-17(19(23)14-22)13-21(20)25-18-10-7-16(8-11-18)15-5-3-2-4-6-15/h2-6,9,12-13,16,18-19,23H,7-8,10-11,14,22H2,1H3. The van der Waals surface area contributed by atoms with Gasteiger partial charge in [0.15, 0.2) is 11.5 Å². The average molecular weight is 341 g/mol. The third kappa shape index (κ3) is 4.33. The number of aliphatic hydroxyl groups excluding tert-OH is 1. The van der Waals surface area contributed by atoms with Gasteiger partial charge < -0.3 is 20.3 Å². The van der Waals surface area contributed by atoms with E-state index in [9.17, 15) is 5.11 Å². The maximum absolute atomic E-state index is 9.96. The van der Waals surface area contributed by atoms with Crippen LogP contribution in [-0.2, 0) is 0 Å². The fraction of sp³-hybridized carbons (Fsp3) is 0.429. The van der Waals surface area contributed by atoms with E-state index in [2.05, 4.69) is 30.3 Å². The number of methoxy groups -OCH3 is 1. The molecule has 0 amide bonds. The van der Waals surface area contributed by atoms with Gasteiger partial charge in [-0.1, -0.05) is 36.4 Å². The number of aliphatic hydroxyl groups is 1. The molecule has 1 fully saturated rings. The SMILES string of the molecule is COc1ccc(C(O)CN)cc1OC1CCC(c2ccccc2)CC1. The van der Waals surface area contributed by atoms with Gasteiger partial charge in [0.05, 0.1) is 19.3 Å². The molecule has 0 radical (unpaired) electrons. The summed E-state index contributed by atoms with van der Waals surface area (Å²) in [5.41, 5.74) is 7.74. The summed E-state index contributed by atoms with van der Waals surface area (Å²) in [5.74, 6) is 2.00. The maximum atomic E-state index is 9.96. The summed E-state index contributed by atoms with van der Waals surface area (Å²) in [6.45, 7) is 0.188. The van der Waals surface area contributed by atoms with Gasteiger partial charge in [0.25, 0.3) is 0 Å². The minimum atomic E-state index is -0.679. The molecule has 0 spiro atoms. The molecule has 0 bridgehead atoms. The fourth-order valence-corrected chi connectivity index (χ4v) is 3.55. The second-order valence-electron chi connectivity index (χ2n) is 6.66. The number of benzene rings is 2. The zero-order chi connectivity index (χ0) is 17.6. The Morgan fingerprint density at radius 2 is 1.76 bits per heavy atom. The van der Waals surface area contributed by atoms with E-state index >= 15 is 0 Å². The third-order valence-corrected chi connectivity index (χ3v) is 5.03. The Kier molecular flexibility index (Phi) is 5.95. The summed E-state index contributed by atoms with van der Waals surface area (Å²) in [6, 6.07) is 16.2. The summed E-state index contributed by atoms with van der Waals surface area (Å²) >= 11 is 0. The lowest BCUT2D eigenvalue weighted by Crippen LogP contribution is -2.23. The predicted octanol–water partition coefficient (Wildman–Crippen LogP) is 3.79. The van der Waals surface area contributed by atoms with Crippen LogP contribution in [0, 0.1) is 0 Å². The molecule has 2 aromatic rings. The van der Waals surface area contributed by atoms with Gasteiger partial charge in [0.1, 0.15) is 0 Å². The van der Waals surface area contributed by atoms with Gasteiger partial charge in [-0.05, 0) is 54.9 Å². The topological polar surface area (TPSA) is 64.7 Å². The molecule has 0 saturated heterocycles. The van der Waals surface area contributed by atoms with Crippen molar-refractivity contribution in [3.8, 4) is 11.5 Å². The number of ether oxygens (including phenoxy) is 2. The molecule has 25 heavy (non-hydrogen) atoms. The van der Waals surface area contributed by atoms with Crippen LogP contribution < -0.4 is 15.2 Å². The van der Waals surface area contributed by atoms with E-state index in [0.29, 0.717) is 17.4 Å². The van der Waals surface area contributed by atoms with Crippen LogP contribution >= 0.6 is 0 Å². The highest BCUT2D eigenvalue weighted by Gasteiger charge is 2.24. The minimum Gasteiger partial charge on any atom is -0.493 e. The summed E-state index contributed by atoms with van der Waals surface area (Å²) in [4.78, 5) is 0. The van der Waals surface area contributed by atoms with E-state index in [1.807, 2.05) is 18.2 Å². The zero-order valence-electron chi connectivity index (χ0n) is 14.7. The molecule has 1 saturated carbocycles. The Morgan fingerprint density at radius 1 is 1.04 bits per heavy atom. The Balaban J connectivity index is 1.65. The van der Waals surface area contributed by atoms with Gasteiger partial charge in [-0.3, -0.25) is 0 Å². The molecular formula is C21H27NO3. The molecule has 4 heteroatoms. The maximum Gasteiger partial charge on any atom is 0.161 e. The molecule has 0 heterocycles. The lowest BCUT2D eigenvalue weighted by molar-refractivity contribution is 0.140. The van der Waals surface area contributed by atoms with E-state index in [1.54, 1.807) is 7.11 Å². The van der Waals surface area contributed by atoms with Crippen molar-refractivity contribution in [1.82, 2.24) is 0 Å². The molecule has 2 aromatic carbocycles. The summed E-state index contributed by atoms with van der Waals surface area (Å²) in [6.07, 6.45) is 3.80. The number of rotatable bonds is 6. The van der Waals surface area contributed by atoms with Crippen LogP contribution in [0.25, 0.3) is 0 Å². The van der Waals surface area contributed by atoms with Crippen LogP contribution in [0.4, 0.5) is 0 Å². The molecule has 1 aliphatic carbocycles. The monoisotopic (exact) mass is 341 g/mol. The highest BCUT2D eigenvalue weighted by molar-refractivity contribution is 5.43. The van der Waals surface area contributed by atoms with Crippen LogP contribution in [0.2, 0.25) is 0 Å². The normalized spacial score (nSPS) is 21.6. The first-order valence-corrected chi connectivity index (χ1v) is 8.99. The molecule has 0 aromatic heterocycles. The molecule has 1 unspecified atom stereocenters. The summed E-state index contributed by atoms with van der Waals surface area (Å²) in [7, 11) is 1.63.